The lowest BCUT2D eigenvalue weighted by atomic mass is 10.2. The Morgan fingerprint density at radius 2 is 1.88 bits per heavy atom. The van der Waals surface area contributed by atoms with Crippen molar-refractivity contribution >= 4 is 5.69 Å². The fraction of sp³-hybridized carbons (Fsp3) is 0.333. The minimum absolute atomic E-state index is 0.0367. The van der Waals surface area contributed by atoms with Gasteiger partial charge in [-0.25, -0.2) is 8.78 Å². The van der Waals surface area contributed by atoms with E-state index in [1.165, 1.54) is 6.07 Å². The summed E-state index contributed by atoms with van der Waals surface area (Å²) in [6.07, 6.45) is -7.51. The molecule has 0 unspecified atom stereocenters. The molecular weight excluding hydrogens is 233 g/mol. The molecule has 16 heavy (non-hydrogen) atoms. The van der Waals surface area contributed by atoms with Crippen molar-refractivity contribution in [3.05, 3.63) is 23.8 Å². The predicted octanol–water partition coefficient (Wildman–Crippen LogP) is 3.15. The van der Waals surface area contributed by atoms with Gasteiger partial charge in [0.1, 0.15) is 5.75 Å². The monoisotopic (exact) mass is 241 g/mol. The Kier molecular flexibility index (Phi) is 3.56. The number of alkyl halides is 5. The molecule has 2 N–H and O–H groups in total. The van der Waals surface area contributed by atoms with E-state index in [1.54, 1.807) is 0 Å². The SMILES string of the molecule is Nc1ccc(OCC(F)(F)F)c(C(F)F)c1. The lowest BCUT2D eigenvalue weighted by Gasteiger charge is -2.13. The van der Waals surface area contributed by atoms with Gasteiger partial charge in [-0.2, -0.15) is 13.2 Å². The Balaban J connectivity index is 2.87. The van der Waals surface area contributed by atoms with E-state index < -0.39 is 30.5 Å². The molecule has 0 aliphatic heterocycles. The van der Waals surface area contributed by atoms with Crippen LogP contribution in [0.25, 0.3) is 0 Å². The molecule has 0 saturated carbocycles. The third-order valence-corrected chi connectivity index (χ3v) is 1.66. The molecule has 90 valence electrons. The number of benzene rings is 1. The Morgan fingerprint density at radius 3 is 2.38 bits per heavy atom. The van der Waals surface area contributed by atoms with Crippen molar-refractivity contribution in [3.8, 4) is 5.75 Å². The molecule has 0 radical (unpaired) electrons. The van der Waals surface area contributed by atoms with Gasteiger partial charge in [0, 0.05) is 5.69 Å². The van der Waals surface area contributed by atoms with Gasteiger partial charge >= 0.3 is 6.18 Å². The first-order valence-electron chi connectivity index (χ1n) is 4.17. The van der Waals surface area contributed by atoms with E-state index in [0.29, 0.717) is 0 Å². The van der Waals surface area contributed by atoms with Crippen LogP contribution >= 0.6 is 0 Å². The zero-order chi connectivity index (χ0) is 12.3. The van der Waals surface area contributed by atoms with Crippen LogP contribution in [-0.2, 0) is 0 Å². The fourth-order valence-corrected chi connectivity index (χ4v) is 1.03. The van der Waals surface area contributed by atoms with E-state index in [0.717, 1.165) is 12.1 Å². The van der Waals surface area contributed by atoms with Crippen LogP contribution in [-0.4, -0.2) is 12.8 Å². The molecule has 0 saturated heterocycles. The van der Waals surface area contributed by atoms with Crippen LogP contribution in [0.4, 0.5) is 27.6 Å². The molecule has 1 rings (SSSR count). The molecule has 0 aliphatic carbocycles. The summed E-state index contributed by atoms with van der Waals surface area (Å²) < 4.78 is 64.5. The minimum atomic E-state index is -4.57. The number of hydrogen-bond donors (Lipinski definition) is 1. The Hall–Kier alpha value is -1.53. The highest BCUT2D eigenvalue weighted by Crippen LogP contribution is 2.31. The maximum absolute atomic E-state index is 12.4. The lowest BCUT2D eigenvalue weighted by Crippen LogP contribution is -2.19. The second kappa shape index (κ2) is 4.54. The highest BCUT2D eigenvalue weighted by molar-refractivity contribution is 5.48. The zero-order valence-electron chi connectivity index (χ0n) is 7.89. The molecule has 0 fully saturated rings. The van der Waals surface area contributed by atoms with Gasteiger partial charge in [-0.1, -0.05) is 0 Å². The third kappa shape index (κ3) is 3.56. The number of nitrogens with two attached hydrogens (primary N) is 1. The van der Waals surface area contributed by atoms with Crippen LogP contribution in [0.5, 0.6) is 5.75 Å². The van der Waals surface area contributed by atoms with Crippen LogP contribution < -0.4 is 10.5 Å². The van der Waals surface area contributed by atoms with Gasteiger partial charge in [0.05, 0.1) is 5.56 Å². The van der Waals surface area contributed by atoms with Crippen LogP contribution in [0, 0.1) is 0 Å². The van der Waals surface area contributed by atoms with Gasteiger partial charge in [0.25, 0.3) is 6.43 Å². The summed E-state index contributed by atoms with van der Waals surface area (Å²) in [5, 5.41) is 0. The molecule has 2 nitrogen and oxygen atoms in total. The Bertz CT molecular complexity index is 363. The van der Waals surface area contributed by atoms with Crippen molar-refractivity contribution in [2.45, 2.75) is 12.6 Å². The van der Waals surface area contributed by atoms with E-state index in [9.17, 15) is 22.0 Å². The van der Waals surface area contributed by atoms with Crippen molar-refractivity contribution in [2.75, 3.05) is 12.3 Å². The molecule has 1 aromatic carbocycles. The third-order valence-electron chi connectivity index (χ3n) is 1.66. The molecule has 0 aliphatic rings. The fourth-order valence-electron chi connectivity index (χ4n) is 1.03. The summed E-state index contributed by atoms with van der Waals surface area (Å²) in [6, 6.07) is 3.07. The van der Waals surface area contributed by atoms with E-state index in [2.05, 4.69) is 4.74 Å². The Morgan fingerprint density at radius 1 is 1.25 bits per heavy atom. The number of anilines is 1. The van der Waals surface area contributed by atoms with Crippen molar-refractivity contribution in [1.29, 1.82) is 0 Å². The van der Waals surface area contributed by atoms with Crippen LogP contribution in [0.2, 0.25) is 0 Å². The first-order chi connectivity index (χ1) is 7.29. The van der Waals surface area contributed by atoms with E-state index >= 15 is 0 Å². The van der Waals surface area contributed by atoms with Crippen molar-refractivity contribution in [3.63, 3.8) is 0 Å². The average molecular weight is 241 g/mol. The van der Waals surface area contributed by atoms with E-state index in [4.69, 9.17) is 5.73 Å². The molecule has 7 heteroatoms. The highest BCUT2D eigenvalue weighted by atomic mass is 19.4. The topological polar surface area (TPSA) is 35.2 Å². The smallest absolute Gasteiger partial charge is 0.422 e. The number of halogens is 5. The van der Waals surface area contributed by atoms with Gasteiger partial charge in [-0.05, 0) is 18.2 Å². The standard InChI is InChI=1S/C9H8F5NO/c10-8(11)6-3-5(15)1-2-7(6)16-4-9(12,13)14/h1-3,8H,4,15H2. The summed E-state index contributed by atoms with van der Waals surface area (Å²) in [5.74, 6) is -0.512. The summed E-state index contributed by atoms with van der Waals surface area (Å²) >= 11 is 0. The number of hydrogen-bond acceptors (Lipinski definition) is 2. The van der Waals surface area contributed by atoms with Crippen molar-refractivity contribution in [2.24, 2.45) is 0 Å². The van der Waals surface area contributed by atoms with Crippen LogP contribution in [0.15, 0.2) is 18.2 Å². The second-order valence-electron chi connectivity index (χ2n) is 3.00. The largest absolute Gasteiger partial charge is 0.484 e. The minimum Gasteiger partial charge on any atom is -0.484 e. The quantitative estimate of drug-likeness (QED) is 0.651. The van der Waals surface area contributed by atoms with Gasteiger partial charge in [0.2, 0.25) is 0 Å². The number of ether oxygens (including phenoxy) is 1. The van der Waals surface area contributed by atoms with Gasteiger partial charge in [-0.15, -0.1) is 0 Å². The molecule has 0 amide bonds. The molecule has 1 aromatic rings. The molecule has 0 heterocycles. The molecule has 0 aromatic heterocycles. The van der Waals surface area contributed by atoms with Crippen LogP contribution in [0.3, 0.4) is 0 Å². The van der Waals surface area contributed by atoms with Crippen molar-refractivity contribution < 1.29 is 26.7 Å². The predicted molar refractivity (Wildman–Crippen MR) is 47.4 cm³/mol. The Labute approximate surface area is 87.8 Å². The van der Waals surface area contributed by atoms with Gasteiger partial charge < -0.3 is 10.5 Å². The van der Waals surface area contributed by atoms with Crippen LogP contribution in [0.1, 0.15) is 12.0 Å². The summed E-state index contributed by atoms with van der Waals surface area (Å²) in [4.78, 5) is 0. The molecule has 0 spiro atoms. The summed E-state index contributed by atoms with van der Waals surface area (Å²) in [5.41, 5.74) is 4.62. The van der Waals surface area contributed by atoms with E-state index in [1.807, 2.05) is 0 Å². The van der Waals surface area contributed by atoms with Crippen molar-refractivity contribution in [1.82, 2.24) is 0 Å². The normalized spacial score (nSPS) is 11.9. The average Bonchev–Trinajstić information content (AvgIpc) is 2.14. The second-order valence-corrected chi connectivity index (χ2v) is 3.00. The number of nitrogen functional groups attached to an aromatic ring is 1. The first kappa shape index (κ1) is 12.5. The first-order valence-corrected chi connectivity index (χ1v) is 4.17. The van der Waals surface area contributed by atoms with Gasteiger partial charge in [-0.3, -0.25) is 0 Å². The zero-order valence-corrected chi connectivity index (χ0v) is 7.89. The number of rotatable bonds is 3. The van der Waals surface area contributed by atoms with Gasteiger partial charge in [0.15, 0.2) is 6.61 Å². The summed E-state index contributed by atoms with van der Waals surface area (Å²) in [7, 11) is 0. The summed E-state index contributed by atoms with van der Waals surface area (Å²) in [6.45, 7) is -1.61. The maximum Gasteiger partial charge on any atom is 0.422 e. The lowest BCUT2D eigenvalue weighted by molar-refractivity contribution is -0.153. The molecule has 0 atom stereocenters. The van der Waals surface area contributed by atoms with E-state index in [-0.39, 0.29) is 5.69 Å². The molecule has 0 bridgehead atoms. The molecular formula is C9H8F5NO. The maximum atomic E-state index is 12.4. The highest BCUT2D eigenvalue weighted by Gasteiger charge is 2.29.